The Morgan fingerprint density at radius 2 is 1.78 bits per heavy atom. The average Bonchev–Trinajstić information content (AvgIpc) is 2.34. The molecule has 0 aromatic rings. The molecule has 1 amide bonds. The van der Waals surface area contributed by atoms with Gasteiger partial charge >= 0.3 is 0 Å². The fourth-order valence-corrected chi connectivity index (χ4v) is 3.10. The summed E-state index contributed by atoms with van der Waals surface area (Å²) >= 11 is 0. The molecule has 0 bridgehead atoms. The summed E-state index contributed by atoms with van der Waals surface area (Å²) in [6.45, 7) is 9.37. The van der Waals surface area contributed by atoms with E-state index in [0.717, 1.165) is 26.1 Å². The monoisotopic (exact) mass is 253 g/mol. The Morgan fingerprint density at radius 3 is 2.33 bits per heavy atom. The number of nitrogens with one attached hydrogen (secondary N) is 1. The van der Waals surface area contributed by atoms with Crippen LogP contribution < -0.4 is 5.32 Å². The van der Waals surface area contributed by atoms with Crippen LogP contribution in [-0.2, 0) is 4.79 Å². The molecule has 2 aliphatic rings. The summed E-state index contributed by atoms with van der Waals surface area (Å²) in [6, 6.07) is 0.967. The fraction of sp³-hybridized carbons (Fsp3) is 0.929. The Hall–Kier alpha value is -0.610. The molecule has 2 rings (SSSR count). The molecule has 18 heavy (non-hydrogen) atoms. The summed E-state index contributed by atoms with van der Waals surface area (Å²) in [4.78, 5) is 17.0. The standard InChI is InChI=1S/C14H27N3O/c1-10-5-6-15-13(7-10)14(18)17-8-11(2)16(4)12(3)9-17/h10-13,15H,5-9H2,1-4H3. The van der Waals surface area contributed by atoms with E-state index in [4.69, 9.17) is 0 Å². The van der Waals surface area contributed by atoms with Gasteiger partial charge in [0.25, 0.3) is 0 Å². The Labute approximate surface area is 111 Å². The van der Waals surface area contributed by atoms with Crippen molar-refractivity contribution in [1.82, 2.24) is 15.1 Å². The van der Waals surface area contributed by atoms with E-state index in [-0.39, 0.29) is 6.04 Å². The van der Waals surface area contributed by atoms with Gasteiger partial charge < -0.3 is 10.2 Å². The second-order valence-electron chi connectivity index (χ2n) is 6.24. The Balaban J connectivity index is 1.96. The highest BCUT2D eigenvalue weighted by Gasteiger charge is 2.34. The highest BCUT2D eigenvalue weighted by atomic mass is 16.2. The number of hydrogen-bond donors (Lipinski definition) is 1. The van der Waals surface area contributed by atoms with Gasteiger partial charge in [-0.3, -0.25) is 9.69 Å². The number of nitrogens with zero attached hydrogens (tertiary/aromatic N) is 2. The third-order valence-electron chi connectivity index (χ3n) is 4.64. The van der Waals surface area contributed by atoms with Crippen molar-refractivity contribution in [1.29, 1.82) is 0 Å². The zero-order valence-electron chi connectivity index (χ0n) is 12.1. The first-order chi connectivity index (χ1) is 8.49. The molecule has 0 saturated carbocycles. The van der Waals surface area contributed by atoms with Gasteiger partial charge in [0.1, 0.15) is 0 Å². The Bertz CT molecular complexity index is 295. The smallest absolute Gasteiger partial charge is 0.239 e. The molecule has 2 fully saturated rings. The third kappa shape index (κ3) is 2.86. The van der Waals surface area contributed by atoms with E-state index in [9.17, 15) is 4.79 Å². The first kappa shape index (κ1) is 13.8. The molecule has 0 spiro atoms. The normalized spacial score (nSPS) is 38.8. The van der Waals surface area contributed by atoms with Gasteiger partial charge in [-0.2, -0.15) is 0 Å². The highest BCUT2D eigenvalue weighted by Crippen LogP contribution is 2.19. The third-order valence-corrected chi connectivity index (χ3v) is 4.64. The number of likely N-dealkylation sites (N-methyl/N-ethyl adjacent to an activating group) is 1. The maximum atomic E-state index is 12.5. The van der Waals surface area contributed by atoms with Gasteiger partial charge in [-0.1, -0.05) is 6.92 Å². The summed E-state index contributed by atoms with van der Waals surface area (Å²) in [5.74, 6) is 0.982. The second kappa shape index (κ2) is 5.57. The maximum Gasteiger partial charge on any atom is 0.239 e. The number of rotatable bonds is 1. The van der Waals surface area contributed by atoms with Gasteiger partial charge in [-0.15, -0.1) is 0 Å². The molecular weight excluding hydrogens is 226 g/mol. The van der Waals surface area contributed by atoms with E-state index in [0.29, 0.717) is 23.9 Å². The molecule has 4 heteroatoms. The van der Waals surface area contributed by atoms with Crippen LogP contribution in [0.5, 0.6) is 0 Å². The molecule has 4 nitrogen and oxygen atoms in total. The number of carbonyl (C=O) groups is 1. The summed E-state index contributed by atoms with van der Waals surface area (Å²) in [7, 11) is 2.15. The SMILES string of the molecule is CC1CCNC(C(=O)N2CC(C)N(C)C(C)C2)C1. The summed E-state index contributed by atoms with van der Waals surface area (Å²) in [5, 5.41) is 3.38. The first-order valence-electron chi connectivity index (χ1n) is 7.23. The van der Waals surface area contributed by atoms with Crippen LogP contribution in [0.3, 0.4) is 0 Å². The van der Waals surface area contributed by atoms with E-state index >= 15 is 0 Å². The van der Waals surface area contributed by atoms with E-state index < -0.39 is 0 Å². The van der Waals surface area contributed by atoms with Crippen molar-refractivity contribution in [3.8, 4) is 0 Å². The number of amides is 1. The molecule has 2 saturated heterocycles. The largest absolute Gasteiger partial charge is 0.338 e. The van der Waals surface area contributed by atoms with Gasteiger partial charge in [-0.05, 0) is 46.2 Å². The van der Waals surface area contributed by atoms with E-state index in [2.05, 4.69) is 42.9 Å². The van der Waals surface area contributed by atoms with Crippen LogP contribution in [0.25, 0.3) is 0 Å². The zero-order valence-corrected chi connectivity index (χ0v) is 12.1. The van der Waals surface area contributed by atoms with Gasteiger partial charge in [0.05, 0.1) is 6.04 Å². The van der Waals surface area contributed by atoms with Crippen LogP contribution in [0.1, 0.15) is 33.6 Å². The van der Waals surface area contributed by atoms with Crippen LogP contribution >= 0.6 is 0 Å². The predicted molar refractivity (Wildman–Crippen MR) is 73.5 cm³/mol. The minimum atomic E-state index is 0.0524. The van der Waals surface area contributed by atoms with E-state index in [1.54, 1.807) is 0 Å². The van der Waals surface area contributed by atoms with Crippen molar-refractivity contribution in [3.05, 3.63) is 0 Å². The lowest BCUT2D eigenvalue weighted by Gasteiger charge is -2.44. The molecule has 0 radical (unpaired) electrons. The molecule has 2 aliphatic heterocycles. The number of piperazine rings is 1. The summed E-state index contributed by atoms with van der Waals surface area (Å²) in [6.07, 6.45) is 2.19. The van der Waals surface area contributed by atoms with Gasteiger partial charge in [0, 0.05) is 25.2 Å². The van der Waals surface area contributed by atoms with Gasteiger partial charge in [-0.25, -0.2) is 0 Å². The highest BCUT2D eigenvalue weighted by molar-refractivity contribution is 5.82. The van der Waals surface area contributed by atoms with E-state index in [1.165, 1.54) is 6.42 Å². The lowest BCUT2D eigenvalue weighted by atomic mass is 9.93. The van der Waals surface area contributed by atoms with Crippen LogP contribution in [0.15, 0.2) is 0 Å². The lowest BCUT2D eigenvalue weighted by Crippen LogP contribution is -2.60. The zero-order chi connectivity index (χ0) is 13.3. The topological polar surface area (TPSA) is 35.6 Å². The van der Waals surface area contributed by atoms with E-state index in [1.807, 2.05) is 0 Å². The van der Waals surface area contributed by atoms with Crippen molar-refractivity contribution < 1.29 is 4.79 Å². The molecule has 104 valence electrons. The average molecular weight is 253 g/mol. The van der Waals surface area contributed by atoms with Crippen LogP contribution in [-0.4, -0.2) is 60.5 Å². The molecule has 4 unspecified atom stereocenters. The fourth-order valence-electron chi connectivity index (χ4n) is 3.10. The van der Waals surface area contributed by atoms with Crippen LogP contribution in [0, 0.1) is 5.92 Å². The Kier molecular flexibility index (Phi) is 4.28. The molecular formula is C14H27N3O. The van der Waals surface area contributed by atoms with Crippen LogP contribution in [0.2, 0.25) is 0 Å². The minimum Gasteiger partial charge on any atom is -0.338 e. The predicted octanol–water partition coefficient (Wildman–Crippen LogP) is 0.926. The van der Waals surface area contributed by atoms with Crippen molar-refractivity contribution in [2.75, 3.05) is 26.7 Å². The van der Waals surface area contributed by atoms with Gasteiger partial charge in [0.15, 0.2) is 0 Å². The summed E-state index contributed by atoms with van der Waals surface area (Å²) < 4.78 is 0. The quantitative estimate of drug-likeness (QED) is 0.755. The van der Waals surface area contributed by atoms with Crippen molar-refractivity contribution >= 4 is 5.91 Å². The molecule has 4 atom stereocenters. The number of piperidine rings is 1. The van der Waals surface area contributed by atoms with Crippen molar-refractivity contribution in [2.24, 2.45) is 5.92 Å². The summed E-state index contributed by atoms with van der Waals surface area (Å²) in [5.41, 5.74) is 0. The number of carbonyl (C=O) groups excluding carboxylic acids is 1. The van der Waals surface area contributed by atoms with Crippen LogP contribution in [0.4, 0.5) is 0 Å². The van der Waals surface area contributed by atoms with Crippen molar-refractivity contribution in [2.45, 2.75) is 51.7 Å². The minimum absolute atomic E-state index is 0.0524. The molecule has 0 aromatic carbocycles. The van der Waals surface area contributed by atoms with Gasteiger partial charge in [0.2, 0.25) is 5.91 Å². The second-order valence-corrected chi connectivity index (χ2v) is 6.24. The molecule has 1 N–H and O–H groups in total. The molecule has 0 aliphatic carbocycles. The molecule has 0 aromatic heterocycles. The number of hydrogen-bond acceptors (Lipinski definition) is 3. The lowest BCUT2D eigenvalue weighted by molar-refractivity contribution is -0.138. The first-order valence-corrected chi connectivity index (χ1v) is 7.23. The maximum absolute atomic E-state index is 12.5. The Morgan fingerprint density at radius 1 is 1.17 bits per heavy atom. The molecule has 2 heterocycles. The van der Waals surface area contributed by atoms with Crippen molar-refractivity contribution in [3.63, 3.8) is 0 Å².